The third-order valence-corrected chi connectivity index (χ3v) is 5.78. The average Bonchev–Trinajstić information content (AvgIpc) is 3.43. The highest BCUT2D eigenvalue weighted by molar-refractivity contribution is 7.14. The molecule has 0 spiro atoms. The lowest BCUT2D eigenvalue weighted by molar-refractivity contribution is 0.102. The maximum atomic E-state index is 13.0. The van der Waals surface area contributed by atoms with Gasteiger partial charge in [0.1, 0.15) is 17.0 Å². The van der Waals surface area contributed by atoms with Crippen molar-refractivity contribution >= 4 is 22.4 Å². The Hall–Kier alpha value is -3.45. The Labute approximate surface area is 178 Å². The molecule has 0 bridgehead atoms. The summed E-state index contributed by atoms with van der Waals surface area (Å²) in [7, 11) is 0. The number of hydrogen-bond donors (Lipinski definition) is 1. The molecule has 152 valence electrons. The number of aryl methyl sites for hydroxylation is 2. The first kappa shape index (κ1) is 19.8. The van der Waals surface area contributed by atoms with E-state index in [0.29, 0.717) is 22.1 Å². The van der Waals surface area contributed by atoms with Gasteiger partial charge in [0.15, 0.2) is 5.13 Å². The van der Waals surface area contributed by atoms with E-state index >= 15 is 0 Å². The third kappa shape index (κ3) is 3.59. The van der Waals surface area contributed by atoms with Crippen LogP contribution in [0.4, 0.5) is 5.13 Å². The van der Waals surface area contributed by atoms with Crippen molar-refractivity contribution in [3.63, 3.8) is 0 Å². The van der Waals surface area contributed by atoms with Gasteiger partial charge in [-0.1, -0.05) is 41.6 Å². The molecule has 4 aromatic rings. The average molecular weight is 419 g/mol. The van der Waals surface area contributed by atoms with Crippen molar-refractivity contribution in [2.45, 2.75) is 27.3 Å². The fraction of sp³-hybridized carbons (Fsp3) is 0.174. The number of aromatic nitrogens is 3. The minimum absolute atomic E-state index is 0.286. The van der Waals surface area contributed by atoms with Gasteiger partial charge in [-0.05, 0) is 26.8 Å². The molecule has 6 nitrogen and oxygen atoms in total. The number of allylic oxidation sites excluding steroid dienone is 1. The normalized spacial score (nSPS) is 10.9. The molecule has 3 heterocycles. The molecule has 0 saturated heterocycles. The summed E-state index contributed by atoms with van der Waals surface area (Å²) < 4.78 is 7.49. The molecule has 7 heteroatoms. The van der Waals surface area contributed by atoms with Crippen LogP contribution in [0.25, 0.3) is 22.5 Å². The maximum Gasteiger partial charge on any atom is 0.263 e. The highest BCUT2D eigenvalue weighted by Gasteiger charge is 2.23. The van der Waals surface area contributed by atoms with E-state index in [9.17, 15) is 4.79 Å². The summed E-state index contributed by atoms with van der Waals surface area (Å²) in [6, 6.07) is 11.6. The zero-order chi connectivity index (χ0) is 21.3. The van der Waals surface area contributed by atoms with Crippen molar-refractivity contribution in [1.82, 2.24) is 14.7 Å². The molecule has 1 N–H and O–H groups in total. The third-order valence-electron chi connectivity index (χ3n) is 5.02. The second-order valence-corrected chi connectivity index (χ2v) is 7.86. The summed E-state index contributed by atoms with van der Waals surface area (Å²) >= 11 is 1.39. The molecule has 0 fully saturated rings. The molecule has 30 heavy (non-hydrogen) atoms. The van der Waals surface area contributed by atoms with E-state index in [-0.39, 0.29) is 5.91 Å². The van der Waals surface area contributed by atoms with E-state index in [1.54, 1.807) is 6.92 Å². The molecule has 4 rings (SSSR count). The molecule has 1 amide bonds. The van der Waals surface area contributed by atoms with E-state index in [1.807, 2.05) is 41.8 Å². The van der Waals surface area contributed by atoms with E-state index in [2.05, 4.69) is 46.5 Å². The predicted octanol–water partition coefficient (Wildman–Crippen LogP) is 5.63. The first-order valence-corrected chi connectivity index (χ1v) is 10.4. The first-order chi connectivity index (χ1) is 14.5. The number of anilines is 1. The van der Waals surface area contributed by atoms with Crippen molar-refractivity contribution in [1.29, 1.82) is 0 Å². The second kappa shape index (κ2) is 8.12. The number of nitrogens with one attached hydrogen (secondary N) is 1. The summed E-state index contributed by atoms with van der Waals surface area (Å²) in [6.07, 6.45) is 1.88. The van der Waals surface area contributed by atoms with Crippen LogP contribution in [0.15, 0.2) is 59.0 Å². The van der Waals surface area contributed by atoms with Gasteiger partial charge in [-0.25, -0.2) is 4.98 Å². The summed E-state index contributed by atoms with van der Waals surface area (Å²) in [5.74, 6) is 0.182. The Morgan fingerprint density at radius 3 is 2.77 bits per heavy atom. The van der Waals surface area contributed by atoms with Gasteiger partial charge in [-0.3, -0.25) is 10.1 Å². The lowest BCUT2D eigenvalue weighted by Crippen LogP contribution is -2.13. The molecular weight excluding hydrogens is 396 g/mol. The fourth-order valence-electron chi connectivity index (χ4n) is 3.52. The van der Waals surface area contributed by atoms with E-state index in [4.69, 9.17) is 4.52 Å². The molecule has 3 aromatic heterocycles. The number of carbonyl (C=O) groups excluding carboxylic acids is 1. The number of carbonyl (C=O) groups is 1. The molecule has 0 unspecified atom stereocenters. The monoisotopic (exact) mass is 418 g/mol. The van der Waals surface area contributed by atoms with Gasteiger partial charge in [-0.2, -0.15) is 0 Å². The first-order valence-electron chi connectivity index (χ1n) is 9.56. The van der Waals surface area contributed by atoms with Crippen LogP contribution in [-0.2, 0) is 6.54 Å². The lowest BCUT2D eigenvalue weighted by Gasteiger charge is -2.05. The van der Waals surface area contributed by atoms with Gasteiger partial charge in [0, 0.05) is 34.4 Å². The number of amides is 1. The van der Waals surface area contributed by atoms with Crippen LogP contribution >= 0.6 is 11.3 Å². The predicted molar refractivity (Wildman–Crippen MR) is 120 cm³/mol. The summed E-state index contributed by atoms with van der Waals surface area (Å²) in [6.45, 7) is 10.4. The molecule has 0 atom stereocenters. The molecule has 0 saturated carbocycles. The van der Waals surface area contributed by atoms with Crippen LogP contribution in [0.2, 0.25) is 0 Å². The minimum atomic E-state index is -0.286. The maximum absolute atomic E-state index is 13.0. The van der Waals surface area contributed by atoms with Crippen molar-refractivity contribution in [2.24, 2.45) is 0 Å². The standard InChI is InChI=1S/C23H22N4O2S/c1-5-11-27-14(2)12-18(15(27)3)19-13-30-23(24-19)25-22(28)20-16(4)29-26-21(20)17-9-7-6-8-10-17/h5-10,12-13H,1,11H2,2-4H3,(H,24,25,28). The van der Waals surface area contributed by atoms with Crippen molar-refractivity contribution in [2.75, 3.05) is 5.32 Å². The van der Waals surface area contributed by atoms with Crippen LogP contribution in [0.1, 0.15) is 27.5 Å². The number of hydrogen-bond acceptors (Lipinski definition) is 5. The van der Waals surface area contributed by atoms with Crippen LogP contribution in [0.3, 0.4) is 0 Å². The zero-order valence-electron chi connectivity index (χ0n) is 17.1. The Morgan fingerprint density at radius 1 is 1.27 bits per heavy atom. The molecular formula is C23H22N4O2S. The van der Waals surface area contributed by atoms with Crippen LogP contribution in [0.5, 0.6) is 0 Å². The smallest absolute Gasteiger partial charge is 0.263 e. The van der Waals surface area contributed by atoms with Crippen molar-refractivity contribution < 1.29 is 9.32 Å². The lowest BCUT2D eigenvalue weighted by atomic mass is 10.1. The quantitative estimate of drug-likeness (QED) is 0.412. The number of benzene rings is 1. The van der Waals surface area contributed by atoms with Gasteiger partial charge < -0.3 is 9.09 Å². The van der Waals surface area contributed by atoms with Gasteiger partial charge in [0.25, 0.3) is 5.91 Å². The van der Waals surface area contributed by atoms with E-state index in [1.165, 1.54) is 11.3 Å². The summed E-state index contributed by atoms with van der Waals surface area (Å²) in [5.41, 5.74) is 5.93. The highest BCUT2D eigenvalue weighted by Crippen LogP contribution is 2.31. The zero-order valence-corrected chi connectivity index (χ0v) is 17.9. The molecule has 0 aliphatic rings. The van der Waals surface area contributed by atoms with Gasteiger partial charge in [0.05, 0.1) is 5.69 Å². The summed E-state index contributed by atoms with van der Waals surface area (Å²) in [4.78, 5) is 17.6. The van der Waals surface area contributed by atoms with Gasteiger partial charge in [0.2, 0.25) is 0 Å². The van der Waals surface area contributed by atoms with E-state index in [0.717, 1.165) is 34.8 Å². The Kier molecular flexibility index (Phi) is 5.37. The largest absolute Gasteiger partial charge is 0.360 e. The SMILES string of the molecule is C=CCn1c(C)cc(-c2csc(NC(=O)c3c(-c4ccccc4)noc3C)n2)c1C. The number of thiazole rings is 1. The molecule has 1 aromatic carbocycles. The Morgan fingerprint density at radius 2 is 2.03 bits per heavy atom. The van der Waals surface area contributed by atoms with Crippen molar-refractivity contribution in [3.8, 4) is 22.5 Å². The molecule has 0 radical (unpaired) electrons. The molecule has 0 aliphatic carbocycles. The second-order valence-electron chi connectivity index (χ2n) is 7.00. The van der Waals surface area contributed by atoms with Gasteiger partial charge in [-0.15, -0.1) is 17.9 Å². The minimum Gasteiger partial charge on any atom is -0.360 e. The van der Waals surface area contributed by atoms with Crippen LogP contribution in [-0.4, -0.2) is 20.6 Å². The Bertz CT molecular complexity index is 1220. The van der Waals surface area contributed by atoms with Crippen molar-refractivity contribution in [3.05, 3.63) is 77.1 Å². The fourth-order valence-corrected chi connectivity index (χ4v) is 4.22. The van der Waals surface area contributed by atoms with Crippen LogP contribution in [0, 0.1) is 20.8 Å². The highest BCUT2D eigenvalue weighted by atomic mass is 32.1. The molecule has 0 aliphatic heterocycles. The topological polar surface area (TPSA) is 73.0 Å². The Balaban J connectivity index is 1.60. The number of nitrogens with zero attached hydrogens (tertiary/aromatic N) is 3. The van der Waals surface area contributed by atoms with Crippen LogP contribution < -0.4 is 5.32 Å². The van der Waals surface area contributed by atoms with E-state index < -0.39 is 0 Å². The number of rotatable bonds is 6. The van der Waals surface area contributed by atoms with Gasteiger partial charge >= 0.3 is 0 Å². The summed E-state index contributed by atoms with van der Waals surface area (Å²) in [5, 5.41) is 9.46.